The number of carbonyl (C=O) groups is 2. The van der Waals surface area contributed by atoms with Crippen molar-refractivity contribution in [1.29, 1.82) is 0 Å². The standard InChI is InChI=1S/C29H27N3O7S/c1-17-8-10-18(11-9-17)40(37,38)32-24(27(34)35)14-19-20(16-30(2)26(33)25(19)32)22-15-29(22)21-6-4-5-7-23(21)31(28(29)36)12-13-39-3/h4-11,14,16,22H,12-13,15H2,1-3H3,(H,34,35)/t22-,29-/m0/s1. The van der Waals surface area contributed by atoms with Crippen molar-refractivity contribution in [3.05, 3.63) is 93.5 Å². The summed E-state index contributed by atoms with van der Waals surface area (Å²) in [6.07, 6.45) is 2.03. The number of methoxy groups -OCH3 is 1. The van der Waals surface area contributed by atoms with Crippen LogP contribution in [0.3, 0.4) is 0 Å². The molecule has 6 rings (SSSR count). The van der Waals surface area contributed by atoms with Gasteiger partial charge in [-0.2, -0.15) is 0 Å². The third kappa shape index (κ3) is 3.50. The summed E-state index contributed by atoms with van der Waals surface area (Å²) < 4.78 is 34.7. The maximum Gasteiger partial charge on any atom is 0.353 e. The molecule has 1 fully saturated rings. The van der Waals surface area contributed by atoms with Crippen molar-refractivity contribution in [2.24, 2.45) is 7.05 Å². The average Bonchev–Trinajstić information content (AvgIpc) is 3.46. The fourth-order valence-corrected chi connectivity index (χ4v) is 7.54. The molecule has 3 heterocycles. The van der Waals surface area contributed by atoms with Gasteiger partial charge in [0.15, 0.2) is 0 Å². The summed E-state index contributed by atoms with van der Waals surface area (Å²) in [4.78, 5) is 41.3. The molecule has 206 valence electrons. The molecule has 4 aromatic rings. The molecule has 2 atom stereocenters. The predicted octanol–water partition coefficient (Wildman–Crippen LogP) is 3.00. The summed E-state index contributed by atoms with van der Waals surface area (Å²) in [7, 11) is -1.39. The number of pyridine rings is 1. The number of para-hydroxylation sites is 1. The molecule has 0 bridgehead atoms. The number of ether oxygens (including phenoxy) is 1. The fraction of sp³-hybridized carbons (Fsp3) is 0.276. The number of aromatic nitrogens is 2. The quantitative estimate of drug-likeness (QED) is 0.367. The van der Waals surface area contributed by atoms with Gasteiger partial charge >= 0.3 is 5.97 Å². The first-order valence-corrected chi connectivity index (χ1v) is 14.2. The highest BCUT2D eigenvalue weighted by molar-refractivity contribution is 7.90. The summed E-state index contributed by atoms with van der Waals surface area (Å²) >= 11 is 0. The maximum absolute atomic E-state index is 13.9. The van der Waals surface area contributed by atoms with Crippen LogP contribution in [0.2, 0.25) is 0 Å². The van der Waals surface area contributed by atoms with Crippen LogP contribution in [0, 0.1) is 6.92 Å². The van der Waals surface area contributed by atoms with Crippen molar-refractivity contribution in [3.63, 3.8) is 0 Å². The van der Waals surface area contributed by atoms with Crippen molar-refractivity contribution in [3.8, 4) is 0 Å². The molecule has 11 heteroatoms. The van der Waals surface area contributed by atoms with E-state index < -0.39 is 32.7 Å². The molecule has 10 nitrogen and oxygen atoms in total. The lowest BCUT2D eigenvalue weighted by Crippen LogP contribution is -2.35. The van der Waals surface area contributed by atoms with Crippen LogP contribution < -0.4 is 10.5 Å². The van der Waals surface area contributed by atoms with E-state index in [2.05, 4.69) is 0 Å². The van der Waals surface area contributed by atoms with E-state index in [1.54, 1.807) is 37.3 Å². The second kappa shape index (κ2) is 8.90. The van der Waals surface area contributed by atoms with Gasteiger partial charge in [0.25, 0.3) is 15.6 Å². The lowest BCUT2D eigenvalue weighted by atomic mass is 9.91. The van der Waals surface area contributed by atoms with Gasteiger partial charge in [-0.1, -0.05) is 35.9 Å². The molecule has 0 unspecified atom stereocenters. The van der Waals surface area contributed by atoms with E-state index in [0.717, 1.165) is 16.8 Å². The van der Waals surface area contributed by atoms with Crippen LogP contribution in [0.4, 0.5) is 5.69 Å². The summed E-state index contributed by atoms with van der Waals surface area (Å²) in [5.41, 5.74) is 0.672. The van der Waals surface area contributed by atoms with Crippen molar-refractivity contribution in [2.45, 2.75) is 29.6 Å². The Bertz CT molecular complexity index is 1890. The molecule has 40 heavy (non-hydrogen) atoms. The van der Waals surface area contributed by atoms with Gasteiger partial charge in [0, 0.05) is 43.9 Å². The summed E-state index contributed by atoms with van der Waals surface area (Å²) in [5.74, 6) is -1.97. The first-order valence-electron chi connectivity index (χ1n) is 12.7. The average molecular weight is 562 g/mol. The van der Waals surface area contributed by atoms with Gasteiger partial charge < -0.3 is 19.3 Å². The van der Waals surface area contributed by atoms with Crippen molar-refractivity contribution in [1.82, 2.24) is 8.54 Å². The number of hydrogen-bond donors (Lipinski definition) is 1. The zero-order valence-electron chi connectivity index (χ0n) is 22.1. The van der Waals surface area contributed by atoms with Gasteiger partial charge in [0.1, 0.15) is 11.2 Å². The van der Waals surface area contributed by atoms with Gasteiger partial charge in [-0.25, -0.2) is 17.2 Å². The molecule has 2 aromatic carbocycles. The number of aromatic carboxylic acids is 1. The summed E-state index contributed by atoms with van der Waals surface area (Å²) in [6, 6.07) is 14.7. The minimum absolute atomic E-state index is 0.0945. The van der Waals surface area contributed by atoms with E-state index >= 15 is 0 Å². The van der Waals surface area contributed by atoms with Gasteiger partial charge in [-0.05, 0) is 48.7 Å². The first-order chi connectivity index (χ1) is 19.0. The number of fused-ring (bicyclic) bond motifs is 3. The number of rotatable bonds is 7. The van der Waals surface area contributed by atoms with Crippen LogP contribution in [0.25, 0.3) is 10.9 Å². The number of carboxylic acids is 1. The Labute approximate surface area is 230 Å². The Morgan fingerprint density at radius 1 is 1.12 bits per heavy atom. The number of amides is 1. The van der Waals surface area contributed by atoms with E-state index in [1.807, 2.05) is 24.3 Å². The molecule has 1 saturated carbocycles. The second-order valence-corrected chi connectivity index (χ2v) is 12.2. The molecule has 0 radical (unpaired) electrons. The smallest absolute Gasteiger partial charge is 0.353 e. The predicted molar refractivity (Wildman–Crippen MR) is 148 cm³/mol. The molecule has 1 amide bonds. The largest absolute Gasteiger partial charge is 0.477 e. The fourth-order valence-electron chi connectivity index (χ4n) is 6.04. The highest BCUT2D eigenvalue weighted by atomic mass is 32.2. The van der Waals surface area contributed by atoms with E-state index in [4.69, 9.17) is 4.74 Å². The van der Waals surface area contributed by atoms with Crippen molar-refractivity contribution >= 4 is 38.5 Å². The molecule has 0 saturated heterocycles. The van der Waals surface area contributed by atoms with Crippen LogP contribution in [-0.2, 0) is 32.0 Å². The van der Waals surface area contributed by atoms with Crippen LogP contribution in [0.15, 0.2) is 70.5 Å². The van der Waals surface area contributed by atoms with Crippen LogP contribution in [0.5, 0.6) is 0 Å². The molecule has 1 N–H and O–H groups in total. The normalized spacial score (nSPS) is 19.9. The topological polar surface area (TPSA) is 128 Å². The van der Waals surface area contributed by atoms with Crippen molar-refractivity contribution in [2.75, 3.05) is 25.2 Å². The Morgan fingerprint density at radius 2 is 1.82 bits per heavy atom. The number of benzene rings is 2. The molecule has 1 aliphatic heterocycles. The SMILES string of the molecule is COCCN1C(=O)[C@@]2(C[C@H]2c2cn(C)c(=O)c3c2cc(C(=O)O)n3S(=O)(=O)c2ccc(C)cc2)c2ccccc21. The zero-order valence-corrected chi connectivity index (χ0v) is 22.9. The van der Waals surface area contributed by atoms with Gasteiger partial charge in [0.05, 0.1) is 16.9 Å². The van der Waals surface area contributed by atoms with Crippen molar-refractivity contribution < 1.29 is 27.9 Å². The lowest BCUT2D eigenvalue weighted by Gasteiger charge is -2.18. The lowest BCUT2D eigenvalue weighted by molar-refractivity contribution is -0.120. The molecule has 1 spiro atoms. The number of nitrogens with zero attached hydrogens (tertiary/aromatic N) is 3. The summed E-state index contributed by atoms with van der Waals surface area (Å²) in [5, 5.41) is 10.3. The third-order valence-electron chi connectivity index (χ3n) is 8.06. The Hall–Kier alpha value is -4.22. The second-order valence-electron chi connectivity index (χ2n) is 10.4. The van der Waals surface area contributed by atoms with E-state index in [1.165, 1.54) is 29.8 Å². The highest BCUT2D eigenvalue weighted by Gasteiger charge is 2.67. The molecule has 1 aliphatic carbocycles. The molecular formula is C29H27N3O7S. The van der Waals surface area contributed by atoms with Crippen LogP contribution in [-0.4, -0.2) is 54.2 Å². The minimum atomic E-state index is -4.45. The number of hydrogen-bond acceptors (Lipinski definition) is 6. The molecular weight excluding hydrogens is 534 g/mol. The monoisotopic (exact) mass is 561 g/mol. The highest BCUT2D eigenvalue weighted by Crippen LogP contribution is 2.66. The number of carbonyl (C=O) groups excluding carboxylic acids is 1. The van der Waals surface area contributed by atoms with Gasteiger partial charge in [-0.15, -0.1) is 0 Å². The molecule has 2 aliphatic rings. The van der Waals surface area contributed by atoms with Gasteiger partial charge in [-0.3, -0.25) is 9.59 Å². The number of aryl methyl sites for hydroxylation is 2. The van der Waals surface area contributed by atoms with E-state index in [-0.39, 0.29) is 27.6 Å². The van der Waals surface area contributed by atoms with Crippen LogP contribution >= 0.6 is 0 Å². The van der Waals surface area contributed by atoms with Gasteiger partial charge in [0.2, 0.25) is 5.91 Å². The first kappa shape index (κ1) is 26.0. The van der Waals surface area contributed by atoms with Crippen LogP contribution in [0.1, 0.15) is 39.5 Å². The van der Waals surface area contributed by atoms with E-state index in [0.29, 0.717) is 29.1 Å². The summed E-state index contributed by atoms with van der Waals surface area (Å²) in [6.45, 7) is 2.53. The molecule has 2 aromatic heterocycles. The Balaban J connectivity index is 1.57. The zero-order chi connectivity index (χ0) is 28.6. The van der Waals surface area contributed by atoms with E-state index in [9.17, 15) is 27.9 Å². The third-order valence-corrected chi connectivity index (χ3v) is 9.79. The Kier molecular flexibility index (Phi) is 5.79. The number of carboxylic acid groups (broad SMARTS) is 1. The Morgan fingerprint density at radius 3 is 2.50 bits per heavy atom. The minimum Gasteiger partial charge on any atom is -0.477 e. The number of anilines is 1. The maximum atomic E-state index is 13.9.